The Morgan fingerprint density at radius 2 is 1.75 bits per heavy atom. The first-order valence-corrected chi connectivity index (χ1v) is 10.3. The van der Waals surface area contributed by atoms with E-state index in [1.807, 2.05) is 41.8 Å². The Labute approximate surface area is 183 Å². The summed E-state index contributed by atoms with van der Waals surface area (Å²) in [6.45, 7) is 4.41. The molecule has 0 bridgehead atoms. The van der Waals surface area contributed by atoms with Crippen molar-refractivity contribution >= 4 is 39.4 Å². The van der Waals surface area contributed by atoms with E-state index < -0.39 is 11.8 Å². The Morgan fingerprint density at radius 3 is 2.47 bits per heavy atom. The Kier molecular flexibility index (Phi) is 4.75. The molecule has 4 N–H and O–H groups in total. The summed E-state index contributed by atoms with van der Waals surface area (Å²) in [6.07, 6.45) is 1.48. The molecule has 2 aromatic carbocycles. The molecule has 0 unspecified atom stereocenters. The second-order valence-corrected chi connectivity index (χ2v) is 7.72. The van der Waals surface area contributed by atoms with E-state index in [1.165, 1.54) is 6.20 Å². The van der Waals surface area contributed by atoms with Gasteiger partial charge in [-0.2, -0.15) is 0 Å². The van der Waals surface area contributed by atoms with Crippen molar-refractivity contribution < 1.29 is 14.3 Å². The fourth-order valence-electron chi connectivity index (χ4n) is 4.30. The third-order valence-corrected chi connectivity index (χ3v) is 5.79. The lowest BCUT2D eigenvalue weighted by molar-refractivity contribution is 0.0992. The molecule has 1 aliphatic rings. The van der Waals surface area contributed by atoms with Crippen molar-refractivity contribution in [2.45, 2.75) is 6.92 Å². The molecule has 3 heterocycles. The van der Waals surface area contributed by atoms with Gasteiger partial charge in [0.2, 0.25) is 0 Å². The van der Waals surface area contributed by atoms with E-state index in [2.05, 4.69) is 14.9 Å². The molecule has 2 aromatic heterocycles. The predicted molar refractivity (Wildman–Crippen MR) is 121 cm³/mol. The average molecular weight is 430 g/mol. The number of primary amides is 2. The number of carbonyl (C=O) groups is 2. The third kappa shape index (κ3) is 3.14. The Morgan fingerprint density at radius 1 is 1.03 bits per heavy atom. The van der Waals surface area contributed by atoms with Gasteiger partial charge >= 0.3 is 0 Å². The maximum absolute atomic E-state index is 12.3. The fraction of sp³-hybridized carbons (Fsp3) is 0.217. The molecule has 32 heavy (non-hydrogen) atoms. The van der Waals surface area contributed by atoms with Crippen molar-refractivity contribution in [3.8, 4) is 5.69 Å². The van der Waals surface area contributed by atoms with Crippen molar-refractivity contribution in [1.82, 2.24) is 14.5 Å². The minimum Gasteiger partial charge on any atom is -0.378 e. The Hall–Kier alpha value is -3.98. The minimum atomic E-state index is -0.598. The highest BCUT2D eigenvalue weighted by molar-refractivity contribution is 6.08. The average Bonchev–Trinajstić information content (AvgIpc) is 3.13. The number of aryl methyl sites for hydroxylation is 1. The van der Waals surface area contributed by atoms with Crippen LogP contribution in [0.25, 0.3) is 27.6 Å². The number of benzene rings is 2. The Balaban J connectivity index is 1.87. The summed E-state index contributed by atoms with van der Waals surface area (Å²) in [5.41, 5.74) is 15.3. The zero-order valence-electron chi connectivity index (χ0n) is 17.5. The highest BCUT2D eigenvalue weighted by Crippen LogP contribution is 2.33. The number of ether oxygens (including phenoxy) is 1. The summed E-state index contributed by atoms with van der Waals surface area (Å²) in [6, 6.07) is 11.2. The Bertz CT molecular complexity index is 1390. The van der Waals surface area contributed by atoms with Crippen LogP contribution in [0.5, 0.6) is 0 Å². The summed E-state index contributed by atoms with van der Waals surface area (Å²) in [7, 11) is 0. The van der Waals surface area contributed by atoms with E-state index in [-0.39, 0.29) is 5.56 Å². The number of nitrogens with zero attached hydrogens (tertiary/aromatic N) is 4. The van der Waals surface area contributed by atoms with Gasteiger partial charge in [-0.05, 0) is 25.1 Å². The van der Waals surface area contributed by atoms with Gasteiger partial charge in [-0.25, -0.2) is 4.98 Å². The number of carbonyl (C=O) groups excluding carboxylic acids is 2. The van der Waals surface area contributed by atoms with E-state index in [1.54, 1.807) is 6.07 Å². The molecular formula is C23H22N6O3. The van der Waals surface area contributed by atoms with Crippen LogP contribution in [0.15, 0.2) is 42.6 Å². The molecule has 162 valence electrons. The van der Waals surface area contributed by atoms with Crippen LogP contribution in [0.3, 0.4) is 0 Å². The van der Waals surface area contributed by atoms with Gasteiger partial charge in [0.1, 0.15) is 11.3 Å². The molecule has 9 nitrogen and oxygen atoms in total. The van der Waals surface area contributed by atoms with Crippen molar-refractivity contribution in [2.24, 2.45) is 11.5 Å². The van der Waals surface area contributed by atoms with Crippen LogP contribution in [0, 0.1) is 6.92 Å². The first kappa shape index (κ1) is 20.0. The number of hydrogen-bond acceptors (Lipinski definition) is 6. The van der Waals surface area contributed by atoms with E-state index in [9.17, 15) is 9.59 Å². The summed E-state index contributed by atoms with van der Waals surface area (Å²) in [4.78, 5) is 35.9. The number of pyridine rings is 1. The van der Waals surface area contributed by atoms with E-state index in [0.717, 1.165) is 11.1 Å². The molecule has 1 fully saturated rings. The van der Waals surface area contributed by atoms with Gasteiger partial charge in [0.05, 0.1) is 41.1 Å². The number of imidazole rings is 1. The number of morpholine rings is 1. The molecule has 0 spiro atoms. The number of fused-ring (bicyclic) bond motifs is 2. The number of hydrogen-bond donors (Lipinski definition) is 2. The lowest BCUT2D eigenvalue weighted by Crippen LogP contribution is -2.36. The lowest BCUT2D eigenvalue weighted by atomic mass is 10.1. The number of rotatable bonds is 4. The van der Waals surface area contributed by atoms with Gasteiger partial charge in [0, 0.05) is 30.4 Å². The standard InChI is InChI=1S/C23H22N6O3/c1-13-27-20-16(22(24)30)10-14(28-6-8-32-9-7-28)11-19(20)29(13)21-15-4-2-3-5-18(15)26-12-17(21)23(25)31/h2-5,10-12H,6-9H2,1H3,(H2,24,30)(H2,25,31). The van der Waals surface area contributed by atoms with Crippen LogP contribution >= 0.6 is 0 Å². The maximum Gasteiger partial charge on any atom is 0.252 e. The van der Waals surface area contributed by atoms with Crippen LogP contribution in [-0.4, -0.2) is 52.7 Å². The molecule has 2 amide bonds. The largest absolute Gasteiger partial charge is 0.378 e. The van der Waals surface area contributed by atoms with Gasteiger partial charge in [0.25, 0.3) is 11.8 Å². The molecule has 0 radical (unpaired) electrons. The third-order valence-electron chi connectivity index (χ3n) is 5.79. The van der Waals surface area contributed by atoms with Gasteiger partial charge in [-0.3, -0.25) is 19.1 Å². The highest BCUT2D eigenvalue weighted by atomic mass is 16.5. The number of aromatic nitrogens is 3. The number of para-hydroxylation sites is 1. The molecule has 1 saturated heterocycles. The molecule has 0 atom stereocenters. The molecular weight excluding hydrogens is 408 g/mol. The van der Waals surface area contributed by atoms with Crippen molar-refractivity contribution in [2.75, 3.05) is 31.2 Å². The quantitative estimate of drug-likeness (QED) is 0.509. The molecule has 4 aromatic rings. The first-order valence-electron chi connectivity index (χ1n) is 10.3. The molecule has 0 aliphatic carbocycles. The SMILES string of the molecule is Cc1nc2c(C(N)=O)cc(N3CCOCC3)cc2n1-c1c(C(N)=O)cnc2ccccc12. The zero-order valence-corrected chi connectivity index (χ0v) is 17.5. The maximum atomic E-state index is 12.3. The van der Waals surface area contributed by atoms with E-state index in [0.29, 0.717) is 59.9 Å². The second-order valence-electron chi connectivity index (χ2n) is 7.72. The topological polar surface area (TPSA) is 129 Å². The molecule has 9 heteroatoms. The molecule has 0 saturated carbocycles. The van der Waals surface area contributed by atoms with E-state index >= 15 is 0 Å². The zero-order chi connectivity index (χ0) is 22.4. The van der Waals surface area contributed by atoms with Crippen LogP contribution in [0.4, 0.5) is 5.69 Å². The van der Waals surface area contributed by atoms with Crippen LogP contribution in [0.2, 0.25) is 0 Å². The van der Waals surface area contributed by atoms with Crippen molar-refractivity contribution in [1.29, 1.82) is 0 Å². The predicted octanol–water partition coefficient (Wildman–Crippen LogP) is 1.92. The lowest BCUT2D eigenvalue weighted by Gasteiger charge is -2.29. The molecule has 1 aliphatic heterocycles. The van der Waals surface area contributed by atoms with Crippen molar-refractivity contribution in [3.05, 3.63) is 59.5 Å². The van der Waals surface area contributed by atoms with Gasteiger partial charge in [-0.15, -0.1) is 0 Å². The van der Waals surface area contributed by atoms with Gasteiger partial charge in [0.15, 0.2) is 0 Å². The molecule has 5 rings (SSSR count). The summed E-state index contributed by atoms with van der Waals surface area (Å²) >= 11 is 0. The smallest absolute Gasteiger partial charge is 0.252 e. The number of nitrogens with two attached hydrogens (primary N) is 2. The van der Waals surface area contributed by atoms with Crippen LogP contribution in [0.1, 0.15) is 26.5 Å². The van der Waals surface area contributed by atoms with Crippen LogP contribution in [-0.2, 0) is 4.74 Å². The monoisotopic (exact) mass is 430 g/mol. The number of anilines is 1. The fourth-order valence-corrected chi connectivity index (χ4v) is 4.30. The van der Waals surface area contributed by atoms with Crippen molar-refractivity contribution in [3.63, 3.8) is 0 Å². The normalized spacial score (nSPS) is 14.2. The van der Waals surface area contributed by atoms with Crippen LogP contribution < -0.4 is 16.4 Å². The summed E-state index contributed by atoms with van der Waals surface area (Å²) < 4.78 is 7.32. The van der Waals surface area contributed by atoms with Gasteiger partial charge in [-0.1, -0.05) is 18.2 Å². The van der Waals surface area contributed by atoms with Gasteiger partial charge < -0.3 is 21.1 Å². The highest BCUT2D eigenvalue weighted by Gasteiger charge is 2.23. The summed E-state index contributed by atoms with van der Waals surface area (Å²) in [5, 5.41) is 0.753. The minimum absolute atomic E-state index is 0.267. The second kappa shape index (κ2) is 7.61. The first-order chi connectivity index (χ1) is 15.5. The number of amides is 2. The van der Waals surface area contributed by atoms with E-state index in [4.69, 9.17) is 16.2 Å². The summed E-state index contributed by atoms with van der Waals surface area (Å²) in [5.74, 6) is -0.566.